The lowest BCUT2D eigenvalue weighted by Gasteiger charge is -2.38. The minimum absolute atomic E-state index is 0.143. The van der Waals surface area contributed by atoms with E-state index in [2.05, 4.69) is 97.0 Å². The maximum Gasteiger partial charge on any atom is 0.161 e. The molecule has 3 nitrogen and oxygen atoms in total. The van der Waals surface area contributed by atoms with Crippen molar-refractivity contribution in [3.8, 4) is 11.5 Å². The highest BCUT2D eigenvalue weighted by molar-refractivity contribution is 5.64. The lowest BCUT2D eigenvalue weighted by atomic mass is 9.78. The number of ether oxygens (including phenoxy) is 2. The smallest absolute Gasteiger partial charge is 0.161 e. The second kappa shape index (κ2) is 7.81. The van der Waals surface area contributed by atoms with E-state index in [0.717, 1.165) is 17.1 Å². The van der Waals surface area contributed by atoms with Crippen LogP contribution in [-0.2, 0) is 0 Å². The van der Waals surface area contributed by atoms with Gasteiger partial charge in [0.1, 0.15) is 0 Å². The van der Waals surface area contributed by atoms with Crippen molar-refractivity contribution in [2.45, 2.75) is 12.0 Å². The predicted octanol–water partition coefficient (Wildman–Crippen LogP) is 5.49. The molecule has 3 aromatic carbocycles. The lowest BCUT2D eigenvalue weighted by molar-refractivity contribution is 0.301. The molecule has 4 rings (SSSR count). The molecule has 28 heavy (non-hydrogen) atoms. The van der Waals surface area contributed by atoms with E-state index in [1.807, 2.05) is 0 Å². The maximum absolute atomic E-state index is 5.61. The summed E-state index contributed by atoms with van der Waals surface area (Å²) in [6.45, 7) is 0. The third-order valence-electron chi connectivity index (χ3n) is 5.47. The fourth-order valence-corrected chi connectivity index (χ4v) is 4.11. The molecule has 0 N–H and O–H groups in total. The molecule has 0 saturated heterocycles. The Morgan fingerprint density at radius 1 is 0.786 bits per heavy atom. The Kier molecular flexibility index (Phi) is 5.07. The molecule has 0 amide bonds. The van der Waals surface area contributed by atoms with Crippen molar-refractivity contribution >= 4 is 6.08 Å². The first-order valence-electron chi connectivity index (χ1n) is 9.49. The topological polar surface area (TPSA) is 21.7 Å². The number of methoxy groups -OCH3 is 2. The first kappa shape index (κ1) is 18.2. The average Bonchev–Trinajstić information content (AvgIpc) is 2.76. The fraction of sp³-hybridized carbons (Fsp3) is 0.200. The SMILES string of the molecule is COc1cc2c(cc1OC)C(C(c1ccccc1)c1ccccc1)N(C)C=C2. The zero-order valence-electron chi connectivity index (χ0n) is 16.5. The second-order valence-electron chi connectivity index (χ2n) is 7.06. The summed E-state index contributed by atoms with van der Waals surface area (Å²) in [5.41, 5.74) is 4.99. The van der Waals surface area contributed by atoms with Gasteiger partial charge in [-0.05, 0) is 46.7 Å². The van der Waals surface area contributed by atoms with Crippen LogP contribution in [0.5, 0.6) is 11.5 Å². The van der Waals surface area contributed by atoms with E-state index in [0.29, 0.717) is 0 Å². The van der Waals surface area contributed by atoms with Gasteiger partial charge in [0.2, 0.25) is 0 Å². The molecule has 1 unspecified atom stereocenters. The standard InChI is InChI=1S/C25H25NO2/c1-26-15-14-20-16-22(27-2)23(28-3)17-21(20)25(26)24(18-10-6-4-7-11-18)19-12-8-5-9-13-19/h4-17,24-25H,1-3H3. The molecule has 0 fully saturated rings. The molecule has 0 aromatic heterocycles. The van der Waals surface area contributed by atoms with Crippen molar-refractivity contribution in [1.82, 2.24) is 4.90 Å². The molecule has 1 heterocycles. The Bertz CT molecular complexity index is 927. The van der Waals surface area contributed by atoms with Crippen molar-refractivity contribution in [3.05, 3.63) is 101 Å². The van der Waals surface area contributed by atoms with Gasteiger partial charge in [-0.2, -0.15) is 0 Å². The van der Waals surface area contributed by atoms with Gasteiger partial charge in [0, 0.05) is 13.0 Å². The second-order valence-corrected chi connectivity index (χ2v) is 7.06. The largest absolute Gasteiger partial charge is 0.493 e. The normalized spacial score (nSPS) is 15.4. The van der Waals surface area contributed by atoms with Crippen LogP contribution in [0.4, 0.5) is 0 Å². The van der Waals surface area contributed by atoms with Gasteiger partial charge >= 0.3 is 0 Å². The molecule has 3 aromatic rings. The highest BCUT2D eigenvalue weighted by atomic mass is 16.5. The van der Waals surface area contributed by atoms with Gasteiger partial charge in [0.25, 0.3) is 0 Å². The summed E-state index contributed by atoms with van der Waals surface area (Å²) in [6, 6.07) is 25.8. The van der Waals surface area contributed by atoms with Crippen molar-refractivity contribution in [1.29, 1.82) is 0 Å². The van der Waals surface area contributed by atoms with E-state index in [1.54, 1.807) is 14.2 Å². The Balaban J connectivity index is 1.91. The van der Waals surface area contributed by atoms with E-state index in [-0.39, 0.29) is 12.0 Å². The van der Waals surface area contributed by atoms with Crippen LogP contribution in [0.25, 0.3) is 6.08 Å². The Morgan fingerprint density at radius 2 is 1.32 bits per heavy atom. The molecule has 0 spiro atoms. The van der Waals surface area contributed by atoms with Crippen LogP contribution in [0.1, 0.15) is 34.2 Å². The van der Waals surface area contributed by atoms with E-state index in [9.17, 15) is 0 Å². The summed E-state index contributed by atoms with van der Waals surface area (Å²) < 4.78 is 11.1. The number of likely N-dealkylation sites (N-methyl/N-ethyl adjacent to an activating group) is 1. The van der Waals surface area contributed by atoms with Crippen LogP contribution >= 0.6 is 0 Å². The highest BCUT2D eigenvalue weighted by Crippen LogP contribution is 2.46. The molecule has 0 bridgehead atoms. The summed E-state index contributed by atoms with van der Waals surface area (Å²) in [5.74, 6) is 1.70. The Morgan fingerprint density at radius 3 is 1.86 bits per heavy atom. The van der Waals surface area contributed by atoms with Crippen LogP contribution in [0.3, 0.4) is 0 Å². The van der Waals surface area contributed by atoms with Crippen molar-refractivity contribution < 1.29 is 9.47 Å². The van der Waals surface area contributed by atoms with E-state index >= 15 is 0 Å². The molecule has 0 radical (unpaired) electrons. The van der Waals surface area contributed by atoms with Gasteiger partial charge in [-0.15, -0.1) is 0 Å². The van der Waals surface area contributed by atoms with E-state index in [4.69, 9.17) is 9.47 Å². The van der Waals surface area contributed by atoms with E-state index < -0.39 is 0 Å². The van der Waals surface area contributed by atoms with Gasteiger partial charge in [-0.3, -0.25) is 0 Å². The highest BCUT2D eigenvalue weighted by Gasteiger charge is 2.32. The molecule has 1 aliphatic heterocycles. The number of hydrogen-bond acceptors (Lipinski definition) is 3. The predicted molar refractivity (Wildman–Crippen MR) is 114 cm³/mol. The summed E-state index contributed by atoms with van der Waals surface area (Å²) >= 11 is 0. The number of nitrogens with zero attached hydrogens (tertiary/aromatic N) is 1. The van der Waals surface area contributed by atoms with Crippen molar-refractivity contribution in [2.24, 2.45) is 0 Å². The van der Waals surface area contributed by atoms with E-state index in [1.165, 1.54) is 16.7 Å². The Labute approximate surface area is 166 Å². The zero-order valence-corrected chi connectivity index (χ0v) is 16.5. The van der Waals surface area contributed by atoms with Gasteiger partial charge < -0.3 is 14.4 Å². The molecule has 1 aliphatic rings. The van der Waals surface area contributed by atoms with Crippen molar-refractivity contribution in [2.75, 3.05) is 21.3 Å². The first-order chi connectivity index (χ1) is 13.7. The fourth-order valence-electron chi connectivity index (χ4n) is 4.11. The van der Waals surface area contributed by atoms with Gasteiger partial charge in [0.15, 0.2) is 11.5 Å². The summed E-state index contributed by atoms with van der Waals surface area (Å²) in [6.07, 6.45) is 4.29. The minimum atomic E-state index is 0.143. The van der Waals surface area contributed by atoms with Crippen molar-refractivity contribution in [3.63, 3.8) is 0 Å². The van der Waals surface area contributed by atoms with Crippen LogP contribution in [0.2, 0.25) is 0 Å². The molecule has 3 heteroatoms. The van der Waals surface area contributed by atoms with Crippen LogP contribution in [-0.4, -0.2) is 26.2 Å². The minimum Gasteiger partial charge on any atom is -0.493 e. The summed E-state index contributed by atoms with van der Waals surface area (Å²) in [7, 11) is 5.50. The summed E-state index contributed by atoms with van der Waals surface area (Å²) in [5, 5.41) is 0. The van der Waals surface area contributed by atoms with Gasteiger partial charge in [-0.1, -0.05) is 60.7 Å². The van der Waals surface area contributed by atoms with Crippen LogP contribution in [0.15, 0.2) is 79.0 Å². The molecule has 142 valence electrons. The number of fused-ring (bicyclic) bond motifs is 1. The summed E-state index contributed by atoms with van der Waals surface area (Å²) in [4.78, 5) is 2.29. The third-order valence-corrected chi connectivity index (χ3v) is 5.47. The molecule has 0 saturated carbocycles. The quantitative estimate of drug-likeness (QED) is 0.592. The Hall–Kier alpha value is -3.20. The number of benzene rings is 3. The van der Waals surface area contributed by atoms with Gasteiger partial charge in [0.05, 0.1) is 20.3 Å². The third kappa shape index (κ3) is 3.24. The maximum atomic E-state index is 5.61. The van der Waals surface area contributed by atoms with Gasteiger partial charge in [-0.25, -0.2) is 0 Å². The van der Waals surface area contributed by atoms with Crippen LogP contribution in [0, 0.1) is 0 Å². The molecular formula is C25H25NO2. The molecule has 1 atom stereocenters. The first-order valence-corrected chi connectivity index (χ1v) is 9.49. The number of rotatable bonds is 5. The lowest BCUT2D eigenvalue weighted by Crippen LogP contribution is -2.29. The van der Waals surface area contributed by atoms with Crippen LogP contribution < -0.4 is 9.47 Å². The number of hydrogen-bond donors (Lipinski definition) is 0. The average molecular weight is 371 g/mol. The molecular weight excluding hydrogens is 346 g/mol. The monoisotopic (exact) mass is 371 g/mol. The zero-order chi connectivity index (χ0) is 19.5. The molecule has 0 aliphatic carbocycles.